The molecule has 2 aromatic rings. The molecule has 0 aliphatic heterocycles. The third-order valence-corrected chi connectivity index (χ3v) is 3.17. The normalized spacial score (nSPS) is 10.4. The largest absolute Gasteiger partial charge is 0.371 e. The Labute approximate surface area is 101 Å². The Hall–Kier alpha value is -1.97. The quantitative estimate of drug-likeness (QED) is 0.858. The standard InChI is InChI=1S/C13H16N4/c1-8-5-6-11(10(3)9(8)2)12-13(14-4)15-7-16-17-12/h5-7H,1-4H3,(H,14,15,16). The van der Waals surface area contributed by atoms with Crippen molar-refractivity contribution in [1.29, 1.82) is 0 Å². The second kappa shape index (κ2) is 4.49. The fourth-order valence-corrected chi connectivity index (χ4v) is 1.85. The van der Waals surface area contributed by atoms with Crippen LogP contribution in [0.3, 0.4) is 0 Å². The molecule has 0 atom stereocenters. The van der Waals surface area contributed by atoms with E-state index in [0.717, 1.165) is 17.1 Å². The summed E-state index contributed by atoms with van der Waals surface area (Å²) < 4.78 is 0. The molecule has 1 heterocycles. The van der Waals surface area contributed by atoms with E-state index in [2.05, 4.69) is 53.4 Å². The van der Waals surface area contributed by atoms with E-state index < -0.39 is 0 Å². The minimum absolute atomic E-state index is 0.756. The van der Waals surface area contributed by atoms with Crippen LogP contribution in [0.1, 0.15) is 16.7 Å². The van der Waals surface area contributed by atoms with Crippen LogP contribution in [0.15, 0.2) is 18.5 Å². The van der Waals surface area contributed by atoms with Gasteiger partial charge in [-0.2, -0.15) is 0 Å². The minimum atomic E-state index is 0.756. The number of anilines is 1. The first kappa shape index (κ1) is 11.5. The van der Waals surface area contributed by atoms with Crippen LogP contribution < -0.4 is 5.32 Å². The SMILES string of the molecule is CNc1ncnnc1-c1ccc(C)c(C)c1C. The molecule has 0 spiro atoms. The van der Waals surface area contributed by atoms with Crippen LogP contribution in [-0.2, 0) is 0 Å². The lowest BCUT2D eigenvalue weighted by Crippen LogP contribution is -2.01. The predicted molar refractivity (Wildman–Crippen MR) is 69.0 cm³/mol. The number of aryl methyl sites for hydroxylation is 1. The van der Waals surface area contributed by atoms with Crippen LogP contribution in [0.4, 0.5) is 5.82 Å². The molecule has 0 saturated carbocycles. The summed E-state index contributed by atoms with van der Waals surface area (Å²) in [5.41, 5.74) is 5.68. The van der Waals surface area contributed by atoms with Gasteiger partial charge in [-0.05, 0) is 37.5 Å². The number of hydrogen-bond acceptors (Lipinski definition) is 4. The summed E-state index contributed by atoms with van der Waals surface area (Å²) in [7, 11) is 1.84. The molecule has 1 aromatic carbocycles. The third-order valence-electron chi connectivity index (χ3n) is 3.17. The maximum absolute atomic E-state index is 4.18. The molecule has 0 fully saturated rings. The van der Waals surface area contributed by atoms with Crippen molar-refractivity contribution in [3.8, 4) is 11.3 Å². The summed E-state index contributed by atoms with van der Waals surface area (Å²) in [6.07, 6.45) is 1.45. The Bertz CT molecular complexity index is 549. The first-order valence-electron chi connectivity index (χ1n) is 5.57. The van der Waals surface area contributed by atoms with Crippen molar-refractivity contribution in [3.63, 3.8) is 0 Å². The fraction of sp³-hybridized carbons (Fsp3) is 0.308. The van der Waals surface area contributed by atoms with Crippen LogP contribution in [-0.4, -0.2) is 22.2 Å². The highest BCUT2D eigenvalue weighted by atomic mass is 15.2. The molecular weight excluding hydrogens is 212 g/mol. The molecule has 0 bridgehead atoms. The molecule has 1 N–H and O–H groups in total. The maximum atomic E-state index is 4.18. The molecular formula is C13H16N4. The van der Waals surface area contributed by atoms with Gasteiger partial charge in [-0.25, -0.2) is 4.98 Å². The smallest absolute Gasteiger partial charge is 0.156 e. The van der Waals surface area contributed by atoms with E-state index in [1.807, 2.05) is 7.05 Å². The molecule has 88 valence electrons. The monoisotopic (exact) mass is 228 g/mol. The number of nitrogens with zero attached hydrogens (tertiary/aromatic N) is 3. The summed E-state index contributed by atoms with van der Waals surface area (Å²) in [4.78, 5) is 4.18. The van der Waals surface area contributed by atoms with Crippen molar-refractivity contribution in [2.75, 3.05) is 12.4 Å². The molecule has 2 rings (SSSR count). The van der Waals surface area contributed by atoms with Gasteiger partial charge in [0, 0.05) is 12.6 Å². The van der Waals surface area contributed by atoms with Gasteiger partial charge in [-0.15, -0.1) is 10.2 Å². The highest BCUT2D eigenvalue weighted by molar-refractivity contribution is 5.74. The molecule has 4 nitrogen and oxygen atoms in total. The van der Waals surface area contributed by atoms with Gasteiger partial charge >= 0.3 is 0 Å². The van der Waals surface area contributed by atoms with Gasteiger partial charge in [-0.3, -0.25) is 0 Å². The zero-order valence-corrected chi connectivity index (χ0v) is 10.6. The van der Waals surface area contributed by atoms with E-state index in [9.17, 15) is 0 Å². The molecule has 17 heavy (non-hydrogen) atoms. The number of hydrogen-bond donors (Lipinski definition) is 1. The van der Waals surface area contributed by atoms with E-state index in [1.54, 1.807) is 0 Å². The van der Waals surface area contributed by atoms with Crippen molar-refractivity contribution in [3.05, 3.63) is 35.2 Å². The molecule has 4 heteroatoms. The average Bonchev–Trinajstić information content (AvgIpc) is 2.36. The van der Waals surface area contributed by atoms with Crippen LogP contribution in [0.2, 0.25) is 0 Å². The van der Waals surface area contributed by atoms with Gasteiger partial charge in [-0.1, -0.05) is 12.1 Å². The number of aromatic nitrogens is 3. The predicted octanol–water partition coefficient (Wildman–Crippen LogP) is 2.51. The average molecular weight is 228 g/mol. The Morgan fingerprint density at radius 3 is 2.53 bits per heavy atom. The topological polar surface area (TPSA) is 50.7 Å². The summed E-state index contributed by atoms with van der Waals surface area (Å²) in [6.45, 7) is 6.34. The Morgan fingerprint density at radius 2 is 1.82 bits per heavy atom. The van der Waals surface area contributed by atoms with Gasteiger partial charge in [0.1, 0.15) is 12.0 Å². The highest BCUT2D eigenvalue weighted by Gasteiger charge is 2.12. The lowest BCUT2D eigenvalue weighted by Gasteiger charge is -2.12. The molecule has 0 amide bonds. The summed E-state index contributed by atoms with van der Waals surface area (Å²) in [5.74, 6) is 0.756. The van der Waals surface area contributed by atoms with Crippen LogP contribution in [0, 0.1) is 20.8 Å². The van der Waals surface area contributed by atoms with Gasteiger partial charge in [0.15, 0.2) is 5.82 Å². The molecule has 0 unspecified atom stereocenters. The maximum Gasteiger partial charge on any atom is 0.156 e. The molecule has 0 saturated heterocycles. The molecule has 1 aromatic heterocycles. The lowest BCUT2D eigenvalue weighted by atomic mass is 9.97. The zero-order chi connectivity index (χ0) is 12.4. The number of rotatable bonds is 2. The Kier molecular flexibility index (Phi) is 3.04. The van der Waals surface area contributed by atoms with Crippen LogP contribution >= 0.6 is 0 Å². The van der Waals surface area contributed by atoms with Crippen molar-refractivity contribution in [1.82, 2.24) is 15.2 Å². The van der Waals surface area contributed by atoms with E-state index in [-0.39, 0.29) is 0 Å². The summed E-state index contributed by atoms with van der Waals surface area (Å²) in [5, 5.41) is 11.1. The molecule has 0 aliphatic rings. The summed E-state index contributed by atoms with van der Waals surface area (Å²) >= 11 is 0. The lowest BCUT2D eigenvalue weighted by molar-refractivity contribution is 0.975. The van der Waals surface area contributed by atoms with Gasteiger partial charge in [0.25, 0.3) is 0 Å². The van der Waals surface area contributed by atoms with Crippen LogP contribution in [0.5, 0.6) is 0 Å². The van der Waals surface area contributed by atoms with E-state index >= 15 is 0 Å². The zero-order valence-electron chi connectivity index (χ0n) is 10.6. The molecule has 0 aliphatic carbocycles. The van der Waals surface area contributed by atoms with Gasteiger partial charge in [0.2, 0.25) is 0 Å². The third kappa shape index (κ3) is 1.98. The van der Waals surface area contributed by atoms with Crippen molar-refractivity contribution < 1.29 is 0 Å². The second-order valence-corrected chi connectivity index (χ2v) is 4.09. The van der Waals surface area contributed by atoms with Crippen molar-refractivity contribution >= 4 is 5.82 Å². The van der Waals surface area contributed by atoms with Crippen molar-refractivity contribution in [2.24, 2.45) is 0 Å². The van der Waals surface area contributed by atoms with Gasteiger partial charge in [0.05, 0.1) is 0 Å². The molecule has 0 radical (unpaired) electrons. The van der Waals surface area contributed by atoms with Gasteiger partial charge < -0.3 is 5.32 Å². The Morgan fingerprint density at radius 1 is 1.06 bits per heavy atom. The first-order valence-corrected chi connectivity index (χ1v) is 5.57. The van der Waals surface area contributed by atoms with E-state index in [1.165, 1.54) is 23.0 Å². The minimum Gasteiger partial charge on any atom is -0.371 e. The first-order chi connectivity index (χ1) is 8.15. The van der Waals surface area contributed by atoms with E-state index in [0.29, 0.717) is 0 Å². The van der Waals surface area contributed by atoms with Crippen molar-refractivity contribution in [2.45, 2.75) is 20.8 Å². The summed E-state index contributed by atoms with van der Waals surface area (Å²) in [6, 6.07) is 4.18. The Balaban J connectivity index is 2.65. The fourth-order valence-electron chi connectivity index (χ4n) is 1.85. The number of nitrogens with one attached hydrogen (secondary N) is 1. The second-order valence-electron chi connectivity index (χ2n) is 4.09. The highest BCUT2D eigenvalue weighted by Crippen LogP contribution is 2.28. The number of benzene rings is 1. The van der Waals surface area contributed by atoms with E-state index in [4.69, 9.17) is 0 Å². The van der Waals surface area contributed by atoms with Crippen LogP contribution in [0.25, 0.3) is 11.3 Å².